The predicted molar refractivity (Wildman–Crippen MR) is 97.5 cm³/mol. The summed E-state index contributed by atoms with van der Waals surface area (Å²) in [5, 5.41) is 3.26. The molecule has 3 rings (SSSR count). The molecule has 1 aliphatic heterocycles. The molecule has 0 unspecified atom stereocenters. The number of hydrogen-bond acceptors (Lipinski definition) is 2. The summed E-state index contributed by atoms with van der Waals surface area (Å²) in [6.45, 7) is 3.36. The van der Waals surface area contributed by atoms with E-state index in [0.29, 0.717) is 37.7 Å². The summed E-state index contributed by atoms with van der Waals surface area (Å²) in [5.41, 5.74) is -0.799. The van der Waals surface area contributed by atoms with Crippen LogP contribution in [0.1, 0.15) is 51.0 Å². The van der Waals surface area contributed by atoms with Gasteiger partial charge in [-0.15, -0.1) is 0 Å². The van der Waals surface area contributed by atoms with Gasteiger partial charge in [0.2, 0.25) is 5.91 Å². The third-order valence-electron chi connectivity index (χ3n) is 5.82. The number of anilines is 1. The second-order valence-corrected chi connectivity index (χ2v) is 8.13. The topological polar surface area (TPSA) is 46.5 Å². The fourth-order valence-corrected chi connectivity index (χ4v) is 4.36. The average Bonchev–Trinajstić information content (AvgIpc) is 2.63. The Labute approximate surface area is 162 Å². The first-order valence-electron chi connectivity index (χ1n) is 9.59. The SMILES string of the molecule is C[C@H]1CCCC[C@@H]1NC(=O)C1CCN(c2[nH+]cc(C(F)(F)F)cc2Cl)CC1. The van der Waals surface area contributed by atoms with Crippen LogP contribution in [0.5, 0.6) is 0 Å². The molecule has 0 radical (unpaired) electrons. The Bertz CT molecular complexity index is 675. The molecule has 1 aromatic heterocycles. The number of nitrogens with zero attached hydrogens (tertiary/aromatic N) is 1. The highest BCUT2D eigenvalue weighted by Gasteiger charge is 2.36. The summed E-state index contributed by atoms with van der Waals surface area (Å²) in [4.78, 5) is 17.2. The Morgan fingerprint density at radius 3 is 2.48 bits per heavy atom. The molecule has 0 spiro atoms. The summed E-state index contributed by atoms with van der Waals surface area (Å²) < 4.78 is 38.3. The number of piperidine rings is 1. The quantitative estimate of drug-likeness (QED) is 0.825. The Balaban J connectivity index is 1.56. The van der Waals surface area contributed by atoms with Gasteiger partial charge in [-0.2, -0.15) is 13.2 Å². The zero-order valence-electron chi connectivity index (χ0n) is 15.4. The molecular formula is C19H26ClF3N3O+. The molecule has 2 N–H and O–H groups in total. The molecule has 2 aliphatic rings. The number of carbonyl (C=O) groups excluding carboxylic acids is 1. The van der Waals surface area contributed by atoms with E-state index in [1.807, 2.05) is 4.90 Å². The Kier molecular flexibility index (Phi) is 6.18. The van der Waals surface area contributed by atoms with Crippen LogP contribution in [0, 0.1) is 11.8 Å². The molecule has 0 aromatic carbocycles. The van der Waals surface area contributed by atoms with Crippen molar-refractivity contribution in [2.75, 3.05) is 18.0 Å². The highest BCUT2D eigenvalue weighted by Crippen LogP contribution is 2.33. The van der Waals surface area contributed by atoms with Crippen molar-refractivity contribution < 1.29 is 22.9 Å². The first kappa shape index (κ1) is 20.2. The number of aromatic amines is 1. The zero-order valence-corrected chi connectivity index (χ0v) is 16.2. The van der Waals surface area contributed by atoms with Gasteiger partial charge in [0.1, 0.15) is 11.2 Å². The van der Waals surface area contributed by atoms with Gasteiger partial charge in [0, 0.05) is 12.0 Å². The van der Waals surface area contributed by atoms with E-state index in [1.165, 1.54) is 6.42 Å². The van der Waals surface area contributed by atoms with Crippen LogP contribution in [0.15, 0.2) is 12.3 Å². The van der Waals surface area contributed by atoms with Crippen LogP contribution < -0.4 is 15.2 Å². The maximum absolute atomic E-state index is 12.8. The minimum Gasteiger partial charge on any atom is -0.353 e. The summed E-state index contributed by atoms with van der Waals surface area (Å²) in [6.07, 6.45) is 2.43. The van der Waals surface area contributed by atoms with E-state index >= 15 is 0 Å². The van der Waals surface area contributed by atoms with Gasteiger partial charge in [-0.05, 0) is 37.7 Å². The number of halogens is 4. The molecule has 1 amide bonds. The molecule has 1 aromatic rings. The van der Waals surface area contributed by atoms with Crippen LogP contribution in [0.4, 0.5) is 19.0 Å². The number of hydrogen-bond donors (Lipinski definition) is 1. The van der Waals surface area contributed by atoms with Crippen molar-refractivity contribution in [3.8, 4) is 0 Å². The standard InChI is InChI=1S/C19H25ClF3N3O/c1-12-4-2-3-5-16(12)25-18(27)13-6-8-26(9-7-13)17-15(20)10-14(11-24-17)19(21,22)23/h10-13,16H,2-9H2,1H3,(H,25,27)/p+1/t12-,16-/m0/s1. The van der Waals surface area contributed by atoms with E-state index < -0.39 is 11.7 Å². The van der Waals surface area contributed by atoms with Crippen molar-refractivity contribution >= 4 is 23.3 Å². The Hall–Kier alpha value is -1.50. The van der Waals surface area contributed by atoms with E-state index in [4.69, 9.17) is 11.6 Å². The van der Waals surface area contributed by atoms with Gasteiger partial charge in [-0.3, -0.25) is 9.69 Å². The molecule has 27 heavy (non-hydrogen) atoms. The number of alkyl halides is 3. The first-order valence-corrected chi connectivity index (χ1v) is 9.97. The number of pyridine rings is 1. The van der Waals surface area contributed by atoms with Crippen LogP contribution in [-0.4, -0.2) is 25.0 Å². The number of H-pyrrole nitrogens is 1. The predicted octanol–water partition coefficient (Wildman–Crippen LogP) is 4.08. The lowest BCUT2D eigenvalue weighted by atomic mass is 9.85. The second-order valence-electron chi connectivity index (χ2n) is 7.72. The summed E-state index contributed by atoms with van der Waals surface area (Å²) in [7, 11) is 0. The van der Waals surface area contributed by atoms with Crippen molar-refractivity contribution in [3.05, 3.63) is 22.8 Å². The van der Waals surface area contributed by atoms with E-state index in [1.54, 1.807) is 0 Å². The van der Waals surface area contributed by atoms with Crippen molar-refractivity contribution in [2.45, 2.75) is 57.7 Å². The Morgan fingerprint density at radius 2 is 1.89 bits per heavy atom. The Morgan fingerprint density at radius 1 is 1.22 bits per heavy atom. The zero-order chi connectivity index (χ0) is 19.6. The summed E-state index contributed by atoms with van der Waals surface area (Å²) in [6, 6.07) is 1.21. The molecule has 2 heterocycles. The van der Waals surface area contributed by atoms with Crippen LogP contribution >= 0.6 is 11.6 Å². The molecule has 1 aliphatic carbocycles. The number of nitrogens with one attached hydrogen (secondary N) is 2. The summed E-state index contributed by atoms with van der Waals surface area (Å²) >= 11 is 6.06. The van der Waals surface area contributed by atoms with Crippen LogP contribution in [0.2, 0.25) is 5.02 Å². The van der Waals surface area contributed by atoms with Gasteiger partial charge in [0.15, 0.2) is 0 Å². The lowest BCUT2D eigenvalue weighted by Crippen LogP contribution is -2.47. The van der Waals surface area contributed by atoms with Gasteiger partial charge in [-0.1, -0.05) is 31.4 Å². The molecule has 0 bridgehead atoms. The van der Waals surface area contributed by atoms with Crippen LogP contribution in [-0.2, 0) is 11.0 Å². The fraction of sp³-hybridized carbons (Fsp3) is 0.684. The molecule has 4 nitrogen and oxygen atoms in total. The molecule has 2 atom stereocenters. The van der Waals surface area contributed by atoms with Gasteiger partial charge < -0.3 is 5.32 Å². The van der Waals surface area contributed by atoms with Gasteiger partial charge in [0.25, 0.3) is 5.82 Å². The number of aromatic nitrogens is 1. The summed E-state index contributed by atoms with van der Waals surface area (Å²) in [5.74, 6) is 1.05. The minimum atomic E-state index is -4.43. The molecule has 1 saturated carbocycles. The lowest BCUT2D eigenvalue weighted by Gasteiger charge is -2.32. The van der Waals surface area contributed by atoms with Gasteiger partial charge >= 0.3 is 6.18 Å². The minimum absolute atomic E-state index is 0.0451. The third kappa shape index (κ3) is 4.86. The van der Waals surface area contributed by atoms with Gasteiger partial charge in [-0.25, -0.2) is 4.98 Å². The second kappa shape index (κ2) is 8.25. The van der Waals surface area contributed by atoms with Gasteiger partial charge in [0.05, 0.1) is 18.7 Å². The van der Waals surface area contributed by atoms with Crippen molar-refractivity contribution in [3.63, 3.8) is 0 Å². The van der Waals surface area contributed by atoms with E-state index in [2.05, 4.69) is 17.2 Å². The average molecular weight is 405 g/mol. The van der Waals surface area contributed by atoms with E-state index in [-0.39, 0.29) is 22.9 Å². The first-order chi connectivity index (χ1) is 12.8. The number of rotatable bonds is 3. The highest BCUT2D eigenvalue weighted by atomic mass is 35.5. The largest absolute Gasteiger partial charge is 0.419 e. The van der Waals surface area contributed by atoms with E-state index in [0.717, 1.165) is 31.5 Å². The molecule has 150 valence electrons. The third-order valence-corrected chi connectivity index (χ3v) is 6.11. The molecular weight excluding hydrogens is 379 g/mol. The molecule has 2 fully saturated rings. The lowest BCUT2D eigenvalue weighted by molar-refractivity contribution is -0.367. The maximum Gasteiger partial charge on any atom is 0.419 e. The van der Waals surface area contributed by atoms with Crippen molar-refractivity contribution in [1.82, 2.24) is 5.32 Å². The smallest absolute Gasteiger partial charge is 0.353 e. The highest BCUT2D eigenvalue weighted by molar-refractivity contribution is 6.32. The van der Waals surface area contributed by atoms with Crippen molar-refractivity contribution in [2.24, 2.45) is 11.8 Å². The normalized spacial score (nSPS) is 24.7. The monoisotopic (exact) mass is 404 g/mol. The molecule has 8 heteroatoms. The fourth-order valence-electron chi connectivity index (χ4n) is 4.06. The number of amides is 1. The van der Waals surface area contributed by atoms with E-state index in [9.17, 15) is 18.0 Å². The number of carbonyl (C=O) groups is 1. The molecule has 1 saturated heterocycles. The van der Waals surface area contributed by atoms with Crippen LogP contribution in [0.3, 0.4) is 0 Å². The maximum atomic E-state index is 12.8. The van der Waals surface area contributed by atoms with Crippen LogP contribution in [0.25, 0.3) is 0 Å². The van der Waals surface area contributed by atoms with Crippen molar-refractivity contribution in [1.29, 1.82) is 0 Å².